The van der Waals surface area contributed by atoms with E-state index in [4.69, 9.17) is 4.65 Å². The Kier molecular flexibility index (Phi) is 3.24. The summed E-state index contributed by atoms with van der Waals surface area (Å²) in [5.41, 5.74) is 2.22. The molecule has 22 heavy (non-hydrogen) atoms. The van der Waals surface area contributed by atoms with E-state index in [2.05, 4.69) is 14.9 Å². The molecule has 1 unspecified atom stereocenters. The highest BCUT2D eigenvalue weighted by Crippen LogP contribution is 2.15. The molecule has 1 amide bonds. The van der Waals surface area contributed by atoms with Crippen LogP contribution in [0.25, 0.3) is 0 Å². The van der Waals surface area contributed by atoms with Crippen molar-refractivity contribution in [3.63, 3.8) is 0 Å². The number of imidazole rings is 1. The number of fused-ring (bicyclic) bond motifs is 2. The highest BCUT2D eigenvalue weighted by molar-refractivity contribution is 6.61. The molecular formula is C15H16BN3O3. The van der Waals surface area contributed by atoms with Gasteiger partial charge in [0.1, 0.15) is 5.82 Å². The maximum Gasteiger partial charge on any atom is 0.491 e. The number of amides is 1. The van der Waals surface area contributed by atoms with Crippen LogP contribution in [0.2, 0.25) is 0 Å². The van der Waals surface area contributed by atoms with Gasteiger partial charge in [0.15, 0.2) is 0 Å². The molecule has 7 heteroatoms. The third kappa shape index (κ3) is 2.32. The molecule has 0 fully saturated rings. The van der Waals surface area contributed by atoms with E-state index in [-0.39, 0.29) is 11.9 Å². The van der Waals surface area contributed by atoms with Gasteiger partial charge in [-0.3, -0.25) is 4.79 Å². The molecular weight excluding hydrogens is 281 g/mol. The molecule has 1 aromatic heterocycles. The molecule has 112 valence electrons. The predicted octanol–water partition coefficient (Wildman–Crippen LogP) is -0.154. The molecule has 0 radical (unpaired) electrons. The standard InChI is InChI=1S/C15H16BN3O3/c20-15(10-1-2-13-11(7-10)9-22-16(13)21)18-12-3-5-19-6-4-17-14(19)8-12/h1-2,4,6-7,12,21H,3,5,8-9H2,(H,18,20). The van der Waals surface area contributed by atoms with Crippen LogP contribution in [0.4, 0.5) is 0 Å². The van der Waals surface area contributed by atoms with Crippen LogP contribution in [-0.2, 0) is 24.2 Å². The third-order valence-electron chi connectivity index (χ3n) is 4.35. The molecule has 0 spiro atoms. The summed E-state index contributed by atoms with van der Waals surface area (Å²) in [6.45, 7) is 1.23. The topological polar surface area (TPSA) is 76.4 Å². The molecule has 4 rings (SSSR count). The Labute approximate surface area is 128 Å². The minimum Gasteiger partial charge on any atom is -0.423 e. The molecule has 3 heterocycles. The normalized spacial score (nSPS) is 19.7. The molecule has 2 aromatic rings. The largest absolute Gasteiger partial charge is 0.491 e. The van der Waals surface area contributed by atoms with Crippen LogP contribution in [0, 0.1) is 0 Å². The number of hydrogen-bond donors (Lipinski definition) is 2. The van der Waals surface area contributed by atoms with Gasteiger partial charge in [-0.1, -0.05) is 6.07 Å². The first-order chi connectivity index (χ1) is 10.7. The molecule has 0 saturated carbocycles. The van der Waals surface area contributed by atoms with Gasteiger partial charge in [0.05, 0.1) is 6.61 Å². The Hall–Kier alpha value is -2.12. The zero-order valence-electron chi connectivity index (χ0n) is 12.0. The Balaban J connectivity index is 1.47. The van der Waals surface area contributed by atoms with Gasteiger partial charge < -0.3 is 19.6 Å². The number of aryl methyl sites for hydroxylation is 1. The van der Waals surface area contributed by atoms with Crippen LogP contribution in [0.3, 0.4) is 0 Å². The minimum absolute atomic E-state index is 0.0887. The Morgan fingerprint density at radius 2 is 2.41 bits per heavy atom. The Bertz CT molecular complexity index is 731. The smallest absolute Gasteiger partial charge is 0.423 e. The van der Waals surface area contributed by atoms with Crippen molar-refractivity contribution < 1.29 is 14.5 Å². The van der Waals surface area contributed by atoms with Gasteiger partial charge >= 0.3 is 7.12 Å². The quantitative estimate of drug-likeness (QED) is 0.756. The summed E-state index contributed by atoms with van der Waals surface area (Å²) >= 11 is 0. The number of hydrogen-bond acceptors (Lipinski definition) is 4. The number of nitrogens with one attached hydrogen (secondary N) is 1. The second-order valence-electron chi connectivity index (χ2n) is 5.78. The van der Waals surface area contributed by atoms with Gasteiger partial charge in [-0.25, -0.2) is 4.98 Å². The fraction of sp³-hybridized carbons (Fsp3) is 0.333. The van der Waals surface area contributed by atoms with Crippen molar-refractivity contribution in [1.29, 1.82) is 0 Å². The van der Waals surface area contributed by atoms with Crippen molar-refractivity contribution in [1.82, 2.24) is 14.9 Å². The van der Waals surface area contributed by atoms with Crippen LogP contribution < -0.4 is 10.8 Å². The first kappa shape index (κ1) is 13.5. The SMILES string of the molecule is O=C(NC1CCn2ccnc2C1)c1ccc2c(c1)COB2O. The number of benzene rings is 1. The summed E-state index contributed by atoms with van der Waals surface area (Å²) in [6.07, 6.45) is 5.43. The van der Waals surface area contributed by atoms with Gasteiger partial charge in [0, 0.05) is 37.0 Å². The lowest BCUT2D eigenvalue weighted by atomic mass is 9.79. The lowest BCUT2D eigenvalue weighted by molar-refractivity contribution is 0.0930. The van der Waals surface area contributed by atoms with E-state index in [9.17, 15) is 9.82 Å². The molecule has 1 atom stereocenters. The number of aromatic nitrogens is 2. The van der Waals surface area contributed by atoms with E-state index < -0.39 is 7.12 Å². The second-order valence-corrected chi connectivity index (χ2v) is 5.78. The first-order valence-electron chi connectivity index (χ1n) is 7.44. The number of rotatable bonds is 2. The third-order valence-corrected chi connectivity index (χ3v) is 4.35. The maximum absolute atomic E-state index is 12.4. The molecule has 2 aliphatic rings. The lowest BCUT2D eigenvalue weighted by Crippen LogP contribution is -2.40. The van der Waals surface area contributed by atoms with E-state index in [0.717, 1.165) is 36.2 Å². The van der Waals surface area contributed by atoms with Crippen LogP contribution in [0.1, 0.15) is 28.2 Å². The molecule has 6 nitrogen and oxygen atoms in total. The zero-order valence-corrected chi connectivity index (χ0v) is 12.0. The van der Waals surface area contributed by atoms with Gasteiger partial charge in [-0.15, -0.1) is 0 Å². The second kappa shape index (κ2) is 5.26. The average molecular weight is 297 g/mol. The predicted molar refractivity (Wildman–Crippen MR) is 80.6 cm³/mol. The summed E-state index contributed by atoms with van der Waals surface area (Å²) in [6, 6.07) is 5.40. The van der Waals surface area contributed by atoms with E-state index >= 15 is 0 Å². The molecule has 2 N–H and O–H groups in total. The maximum atomic E-state index is 12.4. The molecule has 0 aliphatic carbocycles. The zero-order chi connectivity index (χ0) is 15.1. The van der Waals surface area contributed by atoms with Crippen molar-refractivity contribution >= 4 is 18.5 Å². The van der Waals surface area contributed by atoms with E-state index in [1.54, 1.807) is 24.4 Å². The van der Waals surface area contributed by atoms with Crippen molar-refractivity contribution in [2.45, 2.75) is 32.0 Å². The van der Waals surface area contributed by atoms with E-state index in [1.807, 2.05) is 6.20 Å². The Morgan fingerprint density at radius 1 is 1.50 bits per heavy atom. The van der Waals surface area contributed by atoms with E-state index in [1.165, 1.54) is 0 Å². The summed E-state index contributed by atoms with van der Waals surface area (Å²) in [5.74, 6) is 0.927. The summed E-state index contributed by atoms with van der Waals surface area (Å²) in [5, 5.41) is 12.7. The van der Waals surface area contributed by atoms with Crippen LogP contribution in [0.5, 0.6) is 0 Å². The molecule has 2 aliphatic heterocycles. The molecule has 0 bridgehead atoms. The summed E-state index contributed by atoms with van der Waals surface area (Å²) < 4.78 is 7.27. The number of carbonyl (C=O) groups excluding carboxylic acids is 1. The van der Waals surface area contributed by atoms with Gasteiger partial charge in [0.25, 0.3) is 5.91 Å². The number of carbonyl (C=O) groups is 1. The van der Waals surface area contributed by atoms with E-state index in [0.29, 0.717) is 12.2 Å². The minimum atomic E-state index is -0.871. The lowest BCUT2D eigenvalue weighted by Gasteiger charge is -2.24. The van der Waals surface area contributed by atoms with Crippen LogP contribution in [-0.4, -0.2) is 33.6 Å². The van der Waals surface area contributed by atoms with Crippen molar-refractivity contribution in [2.75, 3.05) is 0 Å². The fourth-order valence-electron chi connectivity index (χ4n) is 3.11. The van der Waals surface area contributed by atoms with Crippen molar-refractivity contribution in [2.24, 2.45) is 0 Å². The van der Waals surface area contributed by atoms with Crippen LogP contribution in [0.15, 0.2) is 30.6 Å². The number of nitrogens with zero attached hydrogens (tertiary/aromatic N) is 2. The van der Waals surface area contributed by atoms with Gasteiger partial charge in [-0.2, -0.15) is 0 Å². The van der Waals surface area contributed by atoms with Gasteiger partial charge in [0.2, 0.25) is 0 Å². The van der Waals surface area contributed by atoms with Crippen LogP contribution >= 0.6 is 0 Å². The Morgan fingerprint density at radius 3 is 3.32 bits per heavy atom. The summed E-state index contributed by atoms with van der Waals surface area (Å²) in [7, 11) is -0.871. The molecule has 0 saturated heterocycles. The fourth-order valence-corrected chi connectivity index (χ4v) is 3.11. The highest BCUT2D eigenvalue weighted by atomic mass is 16.5. The monoisotopic (exact) mass is 297 g/mol. The average Bonchev–Trinajstić information content (AvgIpc) is 3.13. The van der Waals surface area contributed by atoms with Crippen molar-refractivity contribution in [3.05, 3.63) is 47.5 Å². The summed E-state index contributed by atoms with van der Waals surface area (Å²) in [4.78, 5) is 16.7. The first-order valence-corrected chi connectivity index (χ1v) is 7.44. The van der Waals surface area contributed by atoms with Crippen molar-refractivity contribution in [3.8, 4) is 0 Å². The highest BCUT2D eigenvalue weighted by Gasteiger charge is 2.28. The molecule has 1 aromatic carbocycles. The van der Waals surface area contributed by atoms with Gasteiger partial charge in [-0.05, 0) is 29.6 Å².